The summed E-state index contributed by atoms with van der Waals surface area (Å²) in [6.45, 7) is 0.311. The second-order valence-electron chi connectivity index (χ2n) is 12.0. The summed E-state index contributed by atoms with van der Waals surface area (Å²) in [4.78, 5) is 23.4. The highest BCUT2D eigenvalue weighted by molar-refractivity contribution is 7.99. The van der Waals surface area contributed by atoms with Gasteiger partial charge >= 0.3 is 0 Å². The van der Waals surface area contributed by atoms with Crippen LogP contribution < -0.4 is 10.8 Å². The maximum Gasteiger partial charge on any atom is 0.243 e. The molecule has 0 saturated carbocycles. The number of nitrogens with one attached hydrogen (secondary N) is 2. The molecule has 1 fully saturated rings. The van der Waals surface area contributed by atoms with E-state index >= 15 is 0 Å². The number of phenolic OH excluding ortho intramolecular Hbond substituents is 1. The van der Waals surface area contributed by atoms with Crippen molar-refractivity contribution in [2.45, 2.75) is 62.5 Å². The predicted molar refractivity (Wildman–Crippen MR) is 187 cm³/mol. The zero-order valence-corrected chi connectivity index (χ0v) is 28.4. The number of ether oxygens (including phenoxy) is 2. The lowest BCUT2D eigenvalue weighted by molar-refractivity contribution is -0.245. The highest BCUT2D eigenvalue weighted by Gasteiger charge is 2.32. The fourth-order valence-electron chi connectivity index (χ4n) is 5.66. The van der Waals surface area contributed by atoms with E-state index in [1.165, 1.54) is 11.8 Å². The minimum Gasteiger partial charge on any atom is -0.508 e. The maximum absolute atomic E-state index is 12.2. The summed E-state index contributed by atoms with van der Waals surface area (Å²) >= 11 is 1.47. The van der Waals surface area contributed by atoms with Gasteiger partial charge in [0.15, 0.2) is 6.29 Å². The van der Waals surface area contributed by atoms with Crippen molar-refractivity contribution in [1.82, 2.24) is 31.0 Å². The molecular weight excluding hydrogens is 673 g/mol. The van der Waals surface area contributed by atoms with Crippen molar-refractivity contribution in [2.24, 2.45) is 0 Å². The Labute approximate surface area is 298 Å². The molecule has 0 bridgehead atoms. The molecule has 1 aliphatic rings. The highest BCUT2D eigenvalue weighted by atomic mass is 32.2. The number of thioether (sulfide) groups is 1. The van der Waals surface area contributed by atoms with Crippen LogP contribution in [0.2, 0.25) is 0 Å². The number of aromatic nitrogens is 4. The van der Waals surface area contributed by atoms with Crippen LogP contribution in [0.1, 0.15) is 60.3 Å². The molecule has 3 atom stereocenters. The van der Waals surface area contributed by atoms with E-state index in [0.29, 0.717) is 30.3 Å². The number of aromatic hydroxyl groups is 1. The van der Waals surface area contributed by atoms with Crippen LogP contribution >= 0.6 is 11.8 Å². The summed E-state index contributed by atoms with van der Waals surface area (Å²) in [6, 6.07) is 30.3. The Kier molecular flexibility index (Phi) is 12.0. The molecule has 264 valence electrons. The number of amides is 2. The Morgan fingerprint density at radius 3 is 2.35 bits per heavy atom. The number of hydrogen-bond donors (Lipinski definition) is 5. The molecule has 2 heterocycles. The van der Waals surface area contributed by atoms with E-state index in [1.807, 2.05) is 72.8 Å². The molecule has 13 nitrogen and oxygen atoms in total. The number of nitrogens with zero attached hydrogens (tertiary/aromatic N) is 4. The summed E-state index contributed by atoms with van der Waals surface area (Å²) < 4.78 is 14.7. The van der Waals surface area contributed by atoms with Crippen molar-refractivity contribution in [3.8, 4) is 22.6 Å². The lowest BCUT2D eigenvalue weighted by Gasteiger charge is -2.36. The van der Waals surface area contributed by atoms with Crippen molar-refractivity contribution < 1.29 is 34.5 Å². The monoisotopic (exact) mass is 710 g/mol. The number of aliphatic hydroxyl groups excluding tert-OH is 1. The Morgan fingerprint density at radius 2 is 1.61 bits per heavy atom. The summed E-state index contributed by atoms with van der Waals surface area (Å²) in [6.07, 6.45) is 0.104. The Morgan fingerprint density at radius 1 is 0.863 bits per heavy atom. The quantitative estimate of drug-likeness (QED) is 0.0584. The largest absolute Gasteiger partial charge is 0.508 e. The number of benzene rings is 4. The smallest absolute Gasteiger partial charge is 0.243 e. The van der Waals surface area contributed by atoms with Gasteiger partial charge in [-0.3, -0.25) is 14.8 Å². The minimum absolute atomic E-state index is 0.0379. The second kappa shape index (κ2) is 17.2. The van der Waals surface area contributed by atoms with Crippen LogP contribution in [0, 0.1) is 0 Å². The van der Waals surface area contributed by atoms with Crippen LogP contribution in [0.25, 0.3) is 16.8 Å². The number of carbonyl (C=O) groups excluding carboxylic acids is 2. The molecule has 14 heteroatoms. The Balaban J connectivity index is 1.13. The van der Waals surface area contributed by atoms with Gasteiger partial charge in [0.25, 0.3) is 0 Å². The number of carbonyl (C=O) groups is 2. The third kappa shape index (κ3) is 9.57. The van der Waals surface area contributed by atoms with Crippen LogP contribution in [0.4, 0.5) is 0 Å². The van der Waals surface area contributed by atoms with Crippen molar-refractivity contribution >= 4 is 23.6 Å². The molecule has 0 unspecified atom stereocenters. The molecule has 6 rings (SSSR count). The maximum atomic E-state index is 12.2. The molecule has 0 spiro atoms. The SMILES string of the molecule is O=C(CCCC(=O)NCc1cccc(-c2ccc([C@H]3O[C@@H](CSc4nnnn4-c4ccc(O)cc4)C[C@@H](c4ccc(CO)cc4)O3)cc2)c1)NO. The zero-order chi connectivity index (χ0) is 35.6. The normalized spacial score (nSPS) is 17.2. The first kappa shape index (κ1) is 35.7. The van der Waals surface area contributed by atoms with Crippen LogP contribution in [0.3, 0.4) is 0 Å². The van der Waals surface area contributed by atoms with Gasteiger partial charge in [-0.05, 0) is 75.0 Å². The van der Waals surface area contributed by atoms with Gasteiger partial charge in [-0.25, -0.2) is 5.48 Å². The minimum atomic E-state index is -0.640. The Hall–Kier alpha value is -5.12. The van der Waals surface area contributed by atoms with Crippen molar-refractivity contribution in [3.63, 3.8) is 0 Å². The first-order valence-corrected chi connectivity index (χ1v) is 17.5. The molecule has 0 radical (unpaired) electrons. The lowest BCUT2D eigenvalue weighted by Crippen LogP contribution is -2.31. The summed E-state index contributed by atoms with van der Waals surface area (Å²) in [5.41, 5.74) is 7.87. The van der Waals surface area contributed by atoms with Crippen molar-refractivity contribution in [3.05, 3.63) is 119 Å². The number of rotatable bonds is 14. The van der Waals surface area contributed by atoms with Gasteiger partial charge in [0.1, 0.15) is 5.75 Å². The summed E-state index contributed by atoms with van der Waals surface area (Å²) in [5, 5.41) is 43.5. The fourth-order valence-corrected chi connectivity index (χ4v) is 6.57. The van der Waals surface area contributed by atoms with E-state index < -0.39 is 12.2 Å². The first-order valence-electron chi connectivity index (χ1n) is 16.5. The third-order valence-corrected chi connectivity index (χ3v) is 9.46. The molecule has 5 aromatic rings. The van der Waals surface area contributed by atoms with Crippen LogP contribution in [-0.2, 0) is 32.2 Å². The second-order valence-corrected chi connectivity index (χ2v) is 13.0. The van der Waals surface area contributed by atoms with Crippen LogP contribution in [0.5, 0.6) is 5.75 Å². The molecule has 1 aromatic heterocycles. The first-order chi connectivity index (χ1) is 24.9. The average Bonchev–Trinajstić information content (AvgIpc) is 3.65. The number of aliphatic hydroxyl groups is 1. The standard InChI is InChI=1S/C37H38N6O7S/c44-22-24-7-9-27(10-8-24)33-20-32(23-51-37-39-41-42-43(37)30-15-17-31(45)18-16-30)49-36(50-33)28-13-11-26(12-14-28)29-4-1-3-25(19-29)21-38-34(46)5-2-6-35(47)40-48/h1,3-4,7-19,32-33,36,44-45,48H,2,5-6,20-23H2,(H,38,46)(H,40,47)/t32-,33+,36+/m1/s1. The Bertz CT molecular complexity index is 1900. The fraction of sp³-hybridized carbons (Fsp3) is 0.270. The van der Waals surface area contributed by atoms with Crippen LogP contribution in [0.15, 0.2) is 102 Å². The third-order valence-electron chi connectivity index (χ3n) is 8.41. The molecule has 1 aliphatic heterocycles. The average molecular weight is 711 g/mol. The van der Waals surface area contributed by atoms with Crippen molar-refractivity contribution in [1.29, 1.82) is 0 Å². The molecular formula is C37H38N6O7S. The van der Waals surface area contributed by atoms with E-state index in [9.17, 15) is 19.8 Å². The number of phenols is 1. The number of tetrazole rings is 1. The topological polar surface area (TPSA) is 181 Å². The summed E-state index contributed by atoms with van der Waals surface area (Å²) in [5.74, 6) is 0.0312. The van der Waals surface area contributed by atoms with Crippen molar-refractivity contribution in [2.75, 3.05) is 5.75 Å². The molecule has 5 N–H and O–H groups in total. The van der Waals surface area contributed by atoms with Gasteiger partial charge in [0.2, 0.25) is 17.0 Å². The van der Waals surface area contributed by atoms with Gasteiger partial charge in [-0.1, -0.05) is 78.5 Å². The molecule has 0 aliphatic carbocycles. The zero-order valence-electron chi connectivity index (χ0n) is 27.6. The molecule has 2 amide bonds. The van der Waals surface area contributed by atoms with Gasteiger partial charge in [-0.15, -0.1) is 5.10 Å². The van der Waals surface area contributed by atoms with E-state index in [0.717, 1.165) is 39.1 Å². The van der Waals surface area contributed by atoms with Crippen LogP contribution in [-0.4, -0.2) is 59.3 Å². The van der Waals surface area contributed by atoms with Gasteiger partial charge < -0.3 is 25.0 Å². The lowest BCUT2D eigenvalue weighted by atomic mass is 9.99. The van der Waals surface area contributed by atoms with E-state index in [2.05, 4.69) is 20.8 Å². The van der Waals surface area contributed by atoms with E-state index in [4.69, 9.17) is 14.7 Å². The molecule has 51 heavy (non-hydrogen) atoms. The molecule has 4 aromatic carbocycles. The number of hydrogen-bond acceptors (Lipinski definition) is 11. The van der Waals surface area contributed by atoms with Gasteiger partial charge in [0, 0.05) is 37.1 Å². The van der Waals surface area contributed by atoms with Gasteiger partial charge in [0.05, 0.1) is 24.5 Å². The van der Waals surface area contributed by atoms with Gasteiger partial charge in [-0.2, -0.15) is 4.68 Å². The summed E-state index contributed by atoms with van der Waals surface area (Å²) in [7, 11) is 0. The highest BCUT2D eigenvalue weighted by Crippen LogP contribution is 2.40. The van der Waals surface area contributed by atoms with E-state index in [1.54, 1.807) is 34.4 Å². The molecule has 1 saturated heterocycles. The number of hydroxylamine groups is 1. The predicted octanol–water partition coefficient (Wildman–Crippen LogP) is 5.16. The van der Waals surface area contributed by atoms with E-state index in [-0.39, 0.29) is 43.3 Å².